The van der Waals surface area contributed by atoms with Gasteiger partial charge in [-0.25, -0.2) is 0 Å². The number of hydrogen-bond acceptors (Lipinski definition) is 4. The van der Waals surface area contributed by atoms with Gasteiger partial charge in [0.2, 0.25) is 0 Å². The van der Waals surface area contributed by atoms with Crippen LogP contribution in [-0.4, -0.2) is 80.1 Å². The molecule has 148 valence electrons. The molecular formula is C23H29N3O2. The van der Waals surface area contributed by atoms with Gasteiger partial charge in [-0.3, -0.25) is 9.69 Å². The van der Waals surface area contributed by atoms with E-state index in [4.69, 9.17) is 4.74 Å². The second kappa shape index (κ2) is 8.33. The molecule has 0 bridgehead atoms. The van der Waals surface area contributed by atoms with Gasteiger partial charge in [-0.15, -0.1) is 0 Å². The molecule has 2 heterocycles. The van der Waals surface area contributed by atoms with Crippen LogP contribution in [-0.2, 0) is 0 Å². The fraction of sp³-hybridized carbons (Fsp3) is 0.435. The van der Waals surface area contributed by atoms with Gasteiger partial charge in [0.05, 0.1) is 7.11 Å². The molecule has 5 heteroatoms. The summed E-state index contributed by atoms with van der Waals surface area (Å²) < 4.78 is 5.30. The molecule has 2 aliphatic rings. The molecule has 28 heavy (non-hydrogen) atoms. The van der Waals surface area contributed by atoms with Crippen LogP contribution in [0.15, 0.2) is 48.5 Å². The lowest BCUT2D eigenvalue weighted by molar-refractivity contribution is 0.0755. The Balaban J connectivity index is 1.40. The summed E-state index contributed by atoms with van der Waals surface area (Å²) in [5.74, 6) is 0.985. The molecule has 1 atom stereocenters. The highest BCUT2D eigenvalue weighted by atomic mass is 16.5. The average Bonchev–Trinajstić information content (AvgIpc) is 3.24. The Morgan fingerprint density at radius 1 is 0.964 bits per heavy atom. The van der Waals surface area contributed by atoms with Crippen molar-refractivity contribution in [3.8, 4) is 16.9 Å². The smallest absolute Gasteiger partial charge is 0.253 e. The third-order valence-corrected chi connectivity index (χ3v) is 6.04. The first kappa shape index (κ1) is 19.0. The number of methoxy groups -OCH3 is 1. The van der Waals surface area contributed by atoms with Crippen LogP contribution in [0.5, 0.6) is 5.75 Å². The van der Waals surface area contributed by atoms with Crippen molar-refractivity contribution in [2.45, 2.75) is 12.5 Å². The Bertz CT molecular complexity index is 813. The summed E-state index contributed by atoms with van der Waals surface area (Å²) in [6.45, 7) is 6.16. The zero-order valence-corrected chi connectivity index (χ0v) is 16.8. The van der Waals surface area contributed by atoms with Crippen molar-refractivity contribution < 1.29 is 9.53 Å². The molecule has 2 saturated heterocycles. The molecule has 0 saturated carbocycles. The fourth-order valence-electron chi connectivity index (χ4n) is 4.20. The third-order valence-electron chi connectivity index (χ3n) is 6.04. The molecule has 2 aromatic rings. The lowest BCUT2D eigenvalue weighted by atomic mass is 10.0. The van der Waals surface area contributed by atoms with Crippen LogP contribution in [0.2, 0.25) is 0 Å². The number of hydrogen-bond donors (Lipinski definition) is 0. The number of nitrogens with zero attached hydrogens (tertiary/aromatic N) is 3. The van der Waals surface area contributed by atoms with Crippen molar-refractivity contribution >= 4 is 5.91 Å². The second-order valence-corrected chi connectivity index (χ2v) is 7.84. The van der Waals surface area contributed by atoms with Crippen LogP contribution in [0.4, 0.5) is 0 Å². The maximum atomic E-state index is 13.0. The normalized spacial score (nSPS) is 21.1. The second-order valence-electron chi connectivity index (χ2n) is 7.84. The molecule has 0 aromatic heterocycles. The average molecular weight is 380 g/mol. The van der Waals surface area contributed by atoms with E-state index in [0.29, 0.717) is 6.04 Å². The number of ether oxygens (including phenoxy) is 1. The molecule has 2 aliphatic heterocycles. The topological polar surface area (TPSA) is 36.0 Å². The van der Waals surface area contributed by atoms with E-state index in [1.54, 1.807) is 7.11 Å². The molecular weight excluding hydrogens is 350 g/mol. The first-order valence-corrected chi connectivity index (χ1v) is 10.1. The summed E-state index contributed by atoms with van der Waals surface area (Å²) in [5, 5.41) is 0. The molecule has 2 aromatic carbocycles. The number of amides is 1. The van der Waals surface area contributed by atoms with E-state index in [1.807, 2.05) is 47.4 Å². The molecule has 5 nitrogen and oxygen atoms in total. The largest absolute Gasteiger partial charge is 0.497 e. The van der Waals surface area contributed by atoms with Gasteiger partial charge in [0, 0.05) is 50.9 Å². The molecule has 2 fully saturated rings. The summed E-state index contributed by atoms with van der Waals surface area (Å²) in [5.41, 5.74) is 2.95. The number of likely N-dealkylation sites (tertiary alicyclic amines) is 1. The van der Waals surface area contributed by atoms with Crippen LogP contribution in [0.1, 0.15) is 16.8 Å². The lowest BCUT2D eigenvalue weighted by Gasteiger charge is -2.36. The van der Waals surface area contributed by atoms with Gasteiger partial charge >= 0.3 is 0 Å². The maximum absolute atomic E-state index is 13.0. The number of piperazine rings is 1. The van der Waals surface area contributed by atoms with E-state index in [9.17, 15) is 4.79 Å². The van der Waals surface area contributed by atoms with Gasteiger partial charge in [0.1, 0.15) is 5.75 Å². The zero-order valence-electron chi connectivity index (χ0n) is 16.8. The highest BCUT2D eigenvalue weighted by Crippen LogP contribution is 2.25. The molecule has 0 N–H and O–H groups in total. The van der Waals surface area contributed by atoms with Gasteiger partial charge in [0.25, 0.3) is 5.91 Å². The maximum Gasteiger partial charge on any atom is 0.253 e. The number of benzene rings is 2. The Morgan fingerprint density at radius 3 is 2.43 bits per heavy atom. The summed E-state index contributed by atoms with van der Waals surface area (Å²) in [6, 6.07) is 16.4. The van der Waals surface area contributed by atoms with E-state index in [0.717, 1.165) is 68.1 Å². The van der Waals surface area contributed by atoms with Crippen LogP contribution in [0, 0.1) is 0 Å². The first-order chi connectivity index (χ1) is 13.6. The predicted molar refractivity (Wildman–Crippen MR) is 112 cm³/mol. The third kappa shape index (κ3) is 4.05. The van der Waals surface area contributed by atoms with Gasteiger partial charge in [-0.2, -0.15) is 0 Å². The quantitative estimate of drug-likeness (QED) is 0.819. The molecule has 0 radical (unpaired) electrons. The summed E-state index contributed by atoms with van der Waals surface area (Å²) in [4.78, 5) is 19.9. The van der Waals surface area contributed by atoms with Gasteiger partial charge in [0.15, 0.2) is 0 Å². The first-order valence-electron chi connectivity index (χ1n) is 10.1. The minimum absolute atomic E-state index is 0.147. The molecule has 0 aliphatic carbocycles. The Kier molecular flexibility index (Phi) is 5.64. The lowest BCUT2D eigenvalue weighted by Crippen LogP contribution is -2.50. The van der Waals surface area contributed by atoms with Crippen LogP contribution < -0.4 is 4.74 Å². The van der Waals surface area contributed by atoms with Crippen molar-refractivity contribution in [2.75, 3.05) is 53.4 Å². The fourth-order valence-corrected chi connectivity index (χ4v) is 4.20. The predicted octanol–water partition coefficient (Wildman–Crippen LogP) is 2.82. The van der Waals surface area contributed by atoms with Gasteiger partial charge < -0.3 is 14.5 Å². The van der Waals surface area contributed by atoms with E-state index in [-0.39, 0.29) is 5.91 Å². The van der Waals surface area contributed by atoms with E-state index < -0.39 is 0 Å². The molecule has 1 amide bonds. The Labute approximate surface area is 167 Å². The number of likely N-dealkylation sites (N-methyl/N-ethyl adjacent to an activating group) is 1. The SMILES string of the molecule is COc1cccc(-c2ccc(C(=O)N3CC[C@H](N4CCN(C)CC4)C3)cc2)c1. The summed E-state index contributed by atoms with van der Waals surface area (Å²) in [6.07, 6.45) is 1.08. The van der Waals surface area contributed by atoms with E-state index in [1.165, 1.54) is 0 Å². The van der Waals surface area contributed by atoms with Crippen LogP contribution in [0.25, 0.3) is 11.1 Å². The Morgan fingerprint density at radius 2 is 1.71 bits per heavy atom. The van der Waals surface area contributed by atoms with E-state index in [2.05, 4.69) is 22.9 Å². The number of carbonyl (C=O) groups is 1. The monoisotopic (exact) mass is 379 g/mol. The van der Waals surface area contributed by atoms with Crippen molar-refractivity contribution in [3.05, 3.63) is 54.1 Å². The van der Waals surface area contributed by atoms with Gasteiger partial charge in [-0.1, -0.05) is 24.3 Å². The number of carbonyl (C=O) groups excluding carboxylic acids is 1. The molecule has 0 spiro atoms. The zero-order chi connectivity index (χ0) is 19.5. The Hall–Kier alpha value is -2.37. The van der Waals surface area contributed by atoms with Gasteiger partial charge in [-0.05, 0) is 48.9 Å². The summed E-state index contributed by atoms with van der Waals surface area (Å²) in [7, 11) is 3.85. The number of rotatable bonds is 4. The van der Waals surface area contributed by atoms with E-state index >= 15 is 0 Å². The molecule has 0 unspecified atom stereocenters. The standard InChI is InChI=1S/C23H29N3O2/c1-24-12-14-25(15-13-24)21-10-11-26(17-21)23(27)19-8-6-18(7-9-19)20-4-3-5-22(16-20)28-2/h3-9,16,21H,10-15,17H2,1-2H3/t21-/m0/s1. The highest BCUT2D eigenvalue weighted by molar-refractivity contribution is 5.95. The van der Waals surface area contributed by atoms with Crippen molar-refractivity contribution in [2.24, 2.45) is 0 Å². The highest BCUT2D eigenvalue weighted by Gasteiger charge is 2.31. The molecule has 4 rings (SSSR count). The van der Waals surface area contributed by atoms with Crippen molar-refractivity contribution in [1.29, 1.82) is 0 Å². The van der Waals surface area contributed by atoms with Crippen LogP contribution in [0.3, 0.4) is 0 Å². The minimum Gasteiger partial charge on any atom is -0.497 e. The van der Waals surface area contributed by atoms with Crippen molar-refractivity contribution in [1.82, 2.24) is 14.7 Å². The van der Waals surface area contributed by atoms with Crippen LogP contribution >= 0.6 is 0 Å². The van der Waals surface area contributed by atoms with Crippen molar-refractivity contribution in [3.63, 3.8) is 0 Å². The minimum atomic E-state index is 0.147. The summed E-state index contributed by atoms with van der Waals surface area (Å²) >= 11 is 0.